The summed E-state index contributed by atoms with van der Waals surface area (Å²) >= 11 is 0. The molecule has 0 saturated heterocycles. The summed E-state index contributed by atoms with van der Waals surface area (Å²) in [6, 6.07) is 6.85. The van der Waals surface area contributed by atoms with Gasteiger partial charge in [0, 0.05) is 0 Å². The second-order valence-electron chi connectivity index (χ2n) is 5.29. The minimum atomic E-state index is 0.444. The van der Waals surface area contributed by atoms with E-state index in [9.17, 15) is 0 Å². The van der Waals surface area contributed by atoms with Crippen molar-refractivity contribution < 1.29 is 4.74 Å². The van der Waals surface area contributed by atoms with E-state index in [1.165, 1.54) is 29.5 Å². The number of rotatable bonds is 3. The van der Waals surface area contributed by atoms with Gasteiger partial charge in [0.15, 0.2) is 0 Å². The Morgan fingerprint density at radius 3 is 2.88 bits per heavy atom. The van der Waals surface area contributed by atoms with Crippen LogP contribution in [0.4, 0.5) is 0 Å². The highest BCUT2D eigenvalue weighted by molar-refractivity contribution is 5.34. The van der Waals surface area contributed by atoms with Crippen LogP contribution in [0.1, 0.15) is 29.5 Å². The van der Waals surface area contributed by atoms with Crippen molar-refractivity contribution in [3.8, 4) is 0 Å². The highest BCUT2D eigenvalue weighted by atomic mass is 16.5. The molecule has 3 rings (SSSR count). The first-order valence-electron chi connectivity index (χ1n) is 6.20. The van der Waals surface area contributed by atoms with Crippen molar-refractivity contribution in [1.82, 2.24) is 0 Å². The molecule has 0 bridgehead atoms. The summed E-state index contributed by atoms with van der Waals surface area (Å²) in [5, 5.41) is 0. The van der Waals surface area contributed by atoms with Crippen molar-refractivity contribution in [3.63, 3.8) is 0 Å². The molecule has 2 aliphatic rings. The third-order valence-electron chi connectivity index (χ3n) is 4.01. The molecule has 1 aromatic rings. The molecule has 0 amide bonds. The van der Waals surface area contributed by atoms with Crippen molar-refractivity contribution in [1.29, 1.82) is 0 Å². The maximum atomic E-state index is 5.83. The lowest BCUT2D eigenvalue weighted by Crippen LogP contribution is -2.18. The minimum Gasteiger partial charge on any atom is -0.376 e. The van der Waals surface area contributed by atoms with Crippen LogP contribution in [0, 0.1) is 5.41 Å². The standard InChI is InChI=1S/C14H19NO/c15-10-14(4-5-14)8-11-1-2-13-9-16-6-3-12(13)7-11/h1-2,7H,3-6,8-10,15H2. The topological polar surface area (TPSA) is 35.2 Å². The fraction of sp³-hybridized carbons (Fsp3) is 0.571. The van der Waals surface area contributed by atoms with E-state index >= 15 is 0 Å². The van der Waals surface area contributed by atoms with Gasteiger partial charge in [-0.3, -0.25) is 0 Å². The SMILES string of the molecule is NCC1(Cc2ccc3c(c2)CCOC3)CC1. The van der Waals surface area contributed by atoms with Gasteiger partial charge < -0.3 is 10.5 Å². The average Bonchev–Trinajstić information content (AvgIpc) is 3.09. The molecule has 2 heteroatoms. The van der Waals surface area contributed by atoms with Crippen LogP contribution in [0.25, 0.3) is 0 Å². The first kappa shape index (κ1) is 10.3. The molecule has 0 spiro atoms. The first-order valence-corrected chi connectivity index (χ1v) is 6.20. The molecule has 0 atom stereocenters. The van der Waals surface area contributed by atoms with Gasteiger partial charge in [-0.05, 0) is 54.3 Å². The summed E-state index contributed by atoms with van der Waals surface area (Å²) in [6.07, 6.45) is 4.85. The van der Waals surface area contributed by atoms with E-state index in [4.69, 9.17) is 10.5 Å². The second kappa shape index (κ2) is 3.86. The minimum absolute atomic E-state index is 0.444. The third-order valence-corrected chi connectivity index (χ3v) is 4.01. The van der Waals surface area contributed by atoms with Crippen LogP contribution in [0.2, 0.25) is 0 Å². The van der Waals surface area contributed by atoms with Gasteiger partial charge in [-0.2, -0.15) is 0 Å². The number of hydrogen-bond acceptors (Lipinski definition) is 2. The van der Waals surface area contributed by atoms with E-state index in [2.05, 4.69) is 18.2 Å². The van der Waals surface area contributed by atoms with E-state index in [1.54, 1.807) is 0 Å². The monoisotopic (exact) mass is 217 g/mol. The highest BCUT2D eigenvalue weighted by Gasteiger charge is 2.40. The second-order valence-corrected chi connectivity index (χ2v) is 5.29. The zero-order valence-electron chi connectivity index (χ0n) is 9.67. The van der Waals surface area contributed by atoms with Gasteiger partial charge in [-0.15, -0.1) is 0 Å². The number of fused-ring (bicyclic) bond motifs is 1. The number of hydrogen-bond donors (Lipinski definition) is 1. The molecule has 0 radical (unpaired) electrons. The van der Waals surface area contributed by atoms with Crippen molar-refractivity contribution >= 4 is 0 Å². The number of nitrogens with two attached hydrogens (primary N) is 1. The summed E-state index contributed by atoms with van der Waals surface area (Å²) in [5.41, 5.74) is 10.6. The van der Waals surface area contributed by atoms with Crippen molar-refractivity contribution in [2.75, 3.05) is 13.2 Å². The summed E-state index contributed by atoms with van der Waals surface area (Å²) < 4.78 is 5.45. The predicted molar refractivity (Wildman–Crippen MR) is 64.2 cm³/mol. The molecule has 1 saturated carbocycles. The van der Waals surface area contributed by atoms with E-state index in [0.717, 1.165) is 32.6 Å². The normalized spacial score (nSPS) is 21.6. The third kappa shape index (κ3) is 1.87. The van der Waals surface area contributed by atoms with E-state index < -0.39 is 0 Å². The molecule has 1 heterocycles. The summed E-state index contributed by atoms with van der Waals surface area (Å²) in [5.74, 6) is 0. The maximum absolute atomic E-state index is 5.83. The first-order chi connectivity index (χ1) is 7.81. The van der Waals surface area contributed by atoms with Crippen LogP contribution >= 0.6 is 0 Å². The fourth-order valence-corrected chi connectivity index (χ4v) is 2.59. The van der Waals surface area contributed by atoms with E-state index in [1.807, 2.05) is 0 Å². The Labute approximate surface area is 96.8 Å². The highest BCUT2D eigenvalue weighted by Crippen LogP contribution is 2.47. The Hall–Kier alpha value is -0.860. The van der Waals surface area contributed by atoms with Crippen LogP contribution in [-0.2, 0) is 24.2 Å². The Morgan fingerprint density at radius 2 is 2.12 bits per heavy atom. The van der Waals surface area contributed by atoms with Crippen LogP contribution in [-0.4, -0.2) is 13.2 Å². The summed E-state index contributed by atoms with van der Waals surface area (Å²) in [7, 11) is 0. The molecule has 0 aromatic heterocycles. The molecule has 86 valence electrons. The molecular weight excluding hydrogens is 198 g/mol. The summed E-state index contributed by atoms with van der Waals surface area (Å²) in [6.45, 7) is 2.50. The van der Waals surface area contributed by atoms with Crippen LogP contribution in [0.5, 0.6) is 0 Å². The van der Waals surface area contributed by atoms with Crippen molar-refractivity contribution in [2.24, 2.45) is 11.1 Å². The Kier molecular flexibility index (Phi) is 2.49. The van der Waals surface area contributed by atoms with E-state index in [0.29, 0.717) is 5.41 Å². The lowest BCUT2D eigenvalue weighted by Gasteiger charge is -2.19. The Morgan fingerprint density at radius 1 is 1.25 bits per heavy atom. The lowest BCUT2D eigenvalue weighted by molar-refractivity contribution is 0.110. The zero-order chi connectivity index (χ0) is 11.0. The molecule has 1 fully saturated rings. The molecule has 1 aliphatic carbocycles. The Balaban J connectivity index is 1.80. The van der Waals surface area contributed by atoms with Crippen LogP contribution in [0.15, 0.2) is 18.2 Å². The van der Waals surface area contributed by atoms with Gasteiger partial charge in [0.05, 0.1) is 13.2 Å². The van der Waals surface area contributed by atoms with E-state index in [-0.39, 0.29) is 0 Å². The predicted octanol–water partition coefficient (Wildman–Crippen LogP) is 2.04. The van der Waals surface area contributed by atoms with Gasteiger partial charge >= 0.3 is 0 Å². The van der Waals surface area contributed by atoms with Gasteiger partial charge in [0.1, 0.15) is 0 Å². The van der Waals surface area contributed by atoms with Gasteiger partial charge in [0.25, 0.3) is 0 Å². The molecule has 2 N–H and O–H groups in total. The smallest absolute Gasteiger partial charge is 0.0719 e. The van der Waals surface area contributed by atoms with Gasteiger partial charge in [0.2, 0.25) is 0 Å². The Bertz CT molecular complexity index is 396. The quantitative estimate of drug-likeness (QED) is 0.841. The largest absolute Gasteiger partial charge is 0.376 e. The lowest BCUT2D eigenvalue weighted by atomic mass is 9.93. The molecule has 1 aromatic carbocycles. The summed E-state index contributed by atoms with van der Waals surface area (Å²) in [4.78, 5) is 0. The fourth-order valence-electron chi connectivity index (χ4n) is 2.59. The zero-order valence-corrected chi connectivity index (χ0v) is 9.67. The van der Waals surface area contributed by atoms with Gasteiger partial charge in [-0.25, -0.2) is 0 Å². The van der Waals surface area contributed by atoms with Crippen molar-refractivity contribution in [2.45, 2.75) is 32.3 Å². The molecule has 16 heavy (non-hydrogen) atoms. The molecular formula is C14H19NO. The molecule has 2 nitrogen and oxygen atoms in total. The van der Waals surface area contributed by atoms with Gasteiger partial charge in [-0.1, -0.05) is 18.2 Å². The van der Waals surface area contributed by atoms with Crippen molar-refractivity contribution in [3.05, 3.63) is 34.9 Å². The van der Waals surface area contributed by atoms with Crippen LogP contribution in [0.3, 0.4) is 0 Å². The number of ether oxygens (including phenoxy) is 1. The maximum Gasteiger partial charge on any atom is 0.0719 e. The molecule has 0 unspecified atom stereocenters. The van der Waals surface area contributed by atoms with Crippen LogP contribution < -0.4 is 5.73 Å². The molecule has 1 aliphatic heterocycles. The average molecular weight is 217 g/mol. The number of benzene rings is 1.